The van der Waals surface area contributed by atoms with Crippen LogP contribution < -0.4 is 5.73 Å². The maximum absolute atomic E-state index is 10.6. The van der Waals surface area contributed by atoms with Gasteiger partial charge < -0.3 is 5.73 Å². The fourth-order valence-electron chi connectivity index (χ4n) is 2.57. The van der Waals surface area contributed by atoms with Gasteiger partial charge in [0, 0.05) is 24.5 Å². The highest BCUT2D eigenvalue weighted by atomic mass is 35.5. The lowest BCUT2D eigenvalue weighted by molar-refractivity contribution is -0.380. The molecule has 1 aliphatic heterocycles. The van der Waals surface area contributed by atoms with Gasteiger partial charge in [-0.3, -0.25) is 15.0 Å². The molecule has 5 nitrogen and oxygen atoms in total. The molecule has 0 bridgehead atoms. The number of rotatable bonds is 5. The van der Waals surface area contributed by atoms with E-state index in [0.717, 1.165) is 38.2 Å². The normalized spacial score (nSPS) is 19.9. The van der Waals surface area contributed by atoms with Crippen molar-refractivity contribution < 1.29 is 4.92 Å². The number of halogens is 1. The average Bonchev–Trinajstić information content (AvgIpc) is 2.78. The van der Waals surface area contributed by atoms with Crippen molar-refractivity contribution >= 4 is 28.7 Å². The summed E-state index contributed by atoms with van der Waals surface area (Å²) in [6.45, 7) is 3.74. The Labute approximate surface area is 123 Å². The molecular weight excluding hydrogens is 286 g/mol. The van der Waals surface area contributed by atoms with Crippen molar-refractivity contribution in [3.63, 3.8) is 0 Å². The van der Waals surface area contributed by atoms with Crippen LogP contribution in [0.4, 0.5) is 5.00 Å². The van der Waals surface area contributed by atoms with E-state index in [1.807, 2.05) is 5.38 Å². The summed E-state index contributed by atoms with van der Waals surface area (Å²) in [5.41, 5.74) is 6.66. The molecule has 0 saturated carbocycles. The molecule has 1 saturated heterocycles. The first kappa shape index (κ1) is 16.4. The van der Waals surface area contributed by atoms with E-state index in [1.54, 1.807) is 6.07 Å². The van der Waals surface area contributed by atoms with Gasteiger partial charge in [-0.25, -0.2) is 0 Å². The Morgan fingerprint density at radius 3 is 3.00 bits per heavy atom. The second-order valence-electron chi connectivity index (χ2n) is 4.87. The Bertz CT molecular complexity index is 411. The summed E-state index contributed by atoms with van der Waals surface area (Å²) in [4.78, 5) is 12.7. The highest BCUT2D eigenvalue weighted by Gasteiger charge is 2.20. The van der Waals surface area contributed by atoms with Crippen LogP contribution in [0.2, 0.25) is 0 Å². The number of nitrogens with zero attached hydrogens (tertiary/aromatic N) is 2. The Kier molecular flexibility index (Phi) is 6.71. The van der Waals surface area contributed by atoms with Crippen LogP contribution >= 0.6 is 23.7 Å². The fraction of sp³-hybridized carbons (Fsp3) is 0.667. The van der Waals surface area contributed by atoms with Gasteiger partial charge in [0.15, 0.2) is 0 Å². The van der Waals surface area contributed by atoms with Crippen molar-refractivity contribution in [1.29, 1.82) is 0 Å². The molecule has 2 N–H and O–H groups in total. The van der Waals surface area contributed by atoms with Gasteiger partial charge in [-0.1, -0.05) is 11.3 Å². The summed E-state index contributed by atoms with van der Waals surface area (Å²) < 4.78 is 0. The third kappa shape index (κ3) is 4.72. The lowest BCUT2D eigenvalue weighted by Gasteiger charge is -2.32. The highest BCUT2D eigenvalue weighted by molar-refractivity contribution is 7.13. The third-order valence-electron chi connectivity index (χ3n) is 3.40. The molecule has 0 amide bonds. The first-order chi connectivity index (χ1) is 8.69. The average molecular weight is 306 g/mol. The zero-order valence-electron chi connectivity index (χ0n) is 10.8. The van der Waals surface area contributed by atoms with Crippen LogP contribution in [0.25, 0.3) is 0 Å². The number of piperidine rings is 1. The van der Waals surface area contributed by atoms with E-state index < -0.39 is 0 Å². The molecule has 0 aliphatic carbocycles. The van der Waals surface area contributed by atoms with Crippen LogP contribution in [0.3, 0.4) is 0 Å². The molecule has 0 radical (unpaired) electrons. The van der Waals surface area contributed by atoms with E-state index in [1.165, 1.54) is 24.2 Å². The molecule has 1 aromatic heterocycles. The lowest BCUT2D eigenvalue weighted by Crippen LogP contribution is -2.35. The van der Waals surface area contributed by atoms with Crippen molar-refractivity contribution in [3.8, 4) is 0 Å². The Hall–Kier alpha value is -0.690. The van der Waals surface area contributed by atoms with Crippen molar-refractivity contribution in [2.45, 2.75) is 25.8 Å². The predicted octanol–water partition coefficient (Wildman–Crippen LogP) is 2.64. The van der Waals surface area contributed by atoms with Crippen molar-refractivity contribution in [3.05, 3.63) is 27.1 Å². The van der Waals surface area contributed by atoms with Crippen LogP contribution in [-0.2, 0) is 6.54 Å². The van der Waals surface area contributed by atoms with Gasteiger partial charge in [-0.2, -0.15) is 0 Å². The topological polar surface area (TPSA) is 72.4 Å². The predicted molar refractivity (Wildman–Crippen MR) is 79.9 cm³/mol. The summed E-state index contributed by atoms with van der Waals surface area (Å²) in [6.07, 6.45) is 3.55. The minimum absolute atomic E-state index is 0. The highest BCUT2D eigenvalue weighted by Crippen LogP contribution is 2.26. The maximum atomic E-state index is 10.6. The molecule has 1 unspecified atom stereocenters. The molecule has 19 heavy (non-hydrogen) atoms. The van der Waals surface area contributed by atoms with Crippen LogP contribution in [0.1, 0.15) is 24.8 Å². The number of hydrogen-bond acceptors (Lipinski definition) is 5. The van der Waals surface area contributed by atoms with Crippen LogP contribution in [0.5, 0.6) is 0 Å². The Morgan fingerprint density at radius 1 is 1.58 bits per heavy atom. The van der Waals surface area contributed by atoms with Gasteiger partial charge >= 0.3 is 5.00 Å². The van der Waals surface area contributed by atoms with E-state index >= 15 is 0 Å². The monoisotopic (exact) mass is 305 g/mol. The van der Waals surface area contributed by atoms with Gasteiger partial charge in [0.2, 0.25) is 0 Å². The largest absolute Gasteiger partial charge is 0.330 e. The number of nitro groups is 1. The van der Waals surface area contributed by atoms with Crippen LogP contribution in [-0.4, -0.2) is 29.5 Å². The molecule has 108 valence electrons. The zero-order chi connectivity index (χ0) is 13.0. The lowest BCUT2D eigenvalue weighted by atomic mass is 9.95. The summed E-state index contributed by atoms with van der Waals surface area (Å²) in [7, 11) is 0. The number of nitrogens with two attached hydrogens (primary N) is 1. The van der Waals surface area contributed by atoms with Crippen molar-refractivity contribution in [2.24, 2.45) is 11.7 Å². The van der Waals surface area contributed by atoms with Gasteiger partial charge in [-0.15, -0.1) is 12.4 Å². The number of likely N-dealkylation sites (tertiary alicyclic amines) is 1. The van der Waals surface area contributed by atoms with Crippen LogP contribution in [0.15, 0.2) is 11.4 Å². The summed E-state index contributed by atoms with van der Waals surface area (Å²) >= 11 is 1.21. The second-order valence-corrected chi connectivity index (χ2v) is 5.76. The molecule has 1 fully saturated rings. The van der Waals surface area contributed by atoms with E-state index in [0.29, 0.717) is 5.92 Å². The standard InChI is InChI=1S/C12H19N3O2S.ClH/c13-4-3-10-2-1-5-14(7-10)8-11-6-12(15(16)17)18-9-11;/h6,9-10H,1-5,7-8,13H2;1H. The van der Waals surface area contributed by atoms with Gasteiger partial charge in [0.1, 0.15) is 0 Å². The van der Waals surface area contributed by atoms with Gasteiger partial charge in [0.05, 0.1) is 4.92 Å². The molecule has 0 aromatic carbocycles. The van der Waals surface area contributed by atoms with Gasteiger partial charge in [0.25, 0.3) is 0 Å². The molecule has 0 spiro atoms. The number of thiophene rings is 1. The fourth-order valence-corrected chi connectivity index (χ4v) is 3.29. The van der Waals surface area contributed by atoms with E-state index in [4.69, 9.17) is 5.73 Å². The quantitative estimate of drug-likeness (QED) is 0.670. The van der Waals surface area contributed by atoms with E-state index in [2.05, 4.69) is 4.90 Å². The molecule has 2 heterocycles. The van der Waals surface area contributed by atoms with E-state index in [9.17, 15) is 10.1 Å². The maximum Gasteiger partial charge on any atom is 0.324 e. The minimum Gasteiger partial charge on any atom is -0.330 e. The molecule has 2 rings (SSSR count). The van der Waals surface area contributed by atoms with Crippen LogP contribution in [0, 0.1) is 16.0 Å². The first-order valence-electron chi connectivity index (χ1n) is 6.33. The zero-order valence-corrected chi connectivity index (χ0v) is 12.4. The molecule has 7 heteroatoms. The Morgan fingerprint density at radius 2 is 2.37 bits per heavy atom. The summed E-state index contributed by atoms with van der Waals surface area (Å²) in [5.74, 6) is 0.692. The van der Waals surface area contributed by atoms with Gasteiger partial charge in [-0.05, 0) is 43.8 Å². The molecule has 1 atom stereocenters. The minimum atomic E-state index is -0.318. The molecule has 1 aliphatic rings. The Balaban J connectivity index is 0.00000180. The summed E-state index contributed by atoms with van der Waals surface area (Å²) in [5, 5.41) is 12.8. The molecular formula is C12H20ClN3O2S. The smallest absolute Gasteiger partial charge is 0.324 e. The first-order valence-corrected chi connectivity index (χ1v) is 7.21. The number of hydrogen-bond donors (Lipinski definition) is 1. The second kappa shape index (κ2) is 7.79. The third-order valence-corrected chi connectivity index (χ3v) is 4.33. The van der Waals surface area contributed by atoms with Crippen molar-refractivity contribution in [2.75, 3.05) is 19.6 Å². The SMILES string of the molecule is Cl.NCCC1CCCN(Cc2csc([N+](=O)[O-])c2)C1. The molecule has 1 aromatic rings. The summed E-state index contributed by atoms with van der Waals surface area (Å²) in [6, 6.07) is 1.69. The van der Waals surface area contributed by atoms with E-state index in [-0.39, 0.29) is 22.3 Å². The van der Waals surface area contributed by atoms with Crippen molar-refractivity contribution in [1.82, 2.24) is 4.90 Å².